The van der Waals surface area contributed by atoms with Crippen LogP contribution in [0.4, 0.5) is 0 Å². The summed E-state index contributed by atoms with van der Waals surface area (Å²) in [4.78, 5) is 11.5. The molecule has 0 amide bonds. The molecule has 4 nitrogen and oxygen atoms in total. The van der Waals surface area contributed by atoms with Gasteiger partial charge in [0.15, 0.2) is 0 Å². The van der Waals surface area contributed by atoms with Gasteiger partial charge in [-0.1, -0.05) is 12.1 Å². The summed E-state index contributed by atoms with van der Waals surface area (Å²) in [7, 11) is 1.39. The Labute approximate surface area is 101 Å². The van der Waals surface area contributed by atoms with Crippen molar-refractivity contribution in [2.75, 3.05) is 20.3 Å². The number of esters is 1. The summed E-state index contributed by atoms with van der Waals surface area (Å²) in [5, 5.41) is 0. The lowest BCUT2D eigenvalue weighted by molar-refractivity contribution is -0.145. The molecule has 1 aliphatic heterocycles. The van der Waals surface area contributed by atoms with Gasteiger partial charge < -0.3 is 15.2 Å². The van der Waals surface area contributed by atoms with Crippen LogP contribution in [0.1, 0.15) is 11.1 Å². The van der Waals surface area contributed by atoms with Crippen LogP contribution >= 0.6 is 0 Å². The molecular weight excluding hydrogens is 218 g/mol. The summed E-state index contributed by atoms with van der Waals surface area (Å²) in [5.74, 6) is 0.445. The lowest BCUT2D eigenvalue weighted by Crippen LogP contribution is -2.26. The SMILES string of the molecule is COC(=O)C(CN)Cc1ccc2c(c1)CCO2. The van der Waals surface area contributed by atoms with Gasteiger partial charge in [-0.3, -0.25) is 4.79 Å². The molecule has 17 heavy (non-hydrogen) atoms. The Balaban J connectivity index is 2.10. The Bertz CT molecular complexity index is 417. The first-order valence-electron chi connectivity index (χ1n) is 5.77. The van der Waals surface area contributed by atoms with Gasteiger partial charge in [0.2, 0.25) is 0 Å². The Morgan fingerprint density at radius 1 is 1.59 bits per heavy atom. The second kappa shape index (κ2) is 5.19. The topological polar surface area (TPSA) is 61.5 Å². The van der Waals surface area contributed by atoms with E-state index in [1.165, 1.54) is 12.7 Å². The number of ether oxygens (including phenoxy) is 2. The highest BCUT2D eigenvalue weighted by molar-refractivity contribution is 5.73. The zero-order valence-electron chi connectivity index (χ0n) is 9.94. The highest BCUT2D eigenvalue weighted by Gasteiger charge is 2.19. The molecule has 0 spiro atoms. The van der Waals surface area contributed by atoms with Crippen molar-refractivity contribution < 1.29 is 14.3 Å². The standard InChI is InChI=1S/C13H17NO3/c1-16-13(15)11(8-14)7-9-2-3-12-10(6-9)4-5-17-12/h2-3,6,11H,4-5,7-8,14H2,1H3. The Morgan fingerprint density at radius 3 is 3.12 bits per heavy atom. The van der Waals surface area contributed by atoms with Crippen molar-refractivity contribution in [1.82, 2.24) is 0 Å². The number of fused-ring (bicyclic) bond motifs is 1. The van der Waals surface area contributed by atoms with Crippen molar-refractivity contribution in [2.24, 2.45) is 11.7 Å². The maximum Gasteiger partial charge on any atom is 0.310 e. The van der Waals surface area contributed by atoms with Gasteiger partial charge in [0.25, 0.3) is 0 Å². The van der Waals surface area contributed by atoms with Crippen molar-refractivity contribution in [1.29, 1.82) is 0 Å². The number of carbonyl (C=O) groups excluding carboxylic acids is 1. The van der Waals surface area contributed by atoms with Crippen LogP contribution in [0.3, 0.4) is 0 Å². The zero-order valence-corrected chi connectivity index (χ0v) is 9.94. The molecule has 1 heterocycles. The van der Waals surface area contributed by atoms with Crippen molar-refractivity contribution in [3.63, 3.8) is 0 Å². The van der Waals surface area contributed by atoms with E-state index >= 15 is 0 Å². The minimum atomic E-state index is -0.264. The van der Waals surface area contributed by atoms with Crippen LogP contribution in [0.5, 0.6) is 5.75 Å². The Hall–Kier alpha value is -1.55. The van der Waals surface area contributed by atoms with Crippen molar-refractivity contribution in [2.45, 2.75) is 12.8 Å². The van der Waals surface area contributed by atoms with Gasteiger partial charge >= 0.3 is 5.97 Å². The second-order valence-electron chi connectivity index (χ2n) is 4.20. The number of rotatable bonds is 4. The van der Waals surface area contributed by atoms with E-state index in [0.717, 1.165) is 24.3 Å². The highest BCUT2D eigenvalue weighted by atomic mass is 16.5. The highest BCUT2D eigenvalue weighted by Crippen LogP contribution is 2.26. The van der Waals surface area contributed by atoms with Gasteiger partial charge in [-0.15, -0.1) is 0 Å². The second-order valence-corrected chi connectivity index (χ2v) is 4.20. The summed E-state index contributed by atoms with van der Waals surface area (Å²) in [6.45, 7) is 1.05. The first kappa shape index (κ1) is 11.9. The fraction of sp³-hybridized carbons (Fsp3) is 0.462. The molecule has 0 radical (unpaired) electrons. The average molecular weight is 235 g/mol. The first-order valence-corrected chi connectivity index (χ1v) is 5.77. The van der Waals surface area contributed by atoms with E-state index in [0.29, 0.717) is 13.0 Å². The fourth-order valence-corrected chi connectivity index (χ4v) is 2.08. The zero-order chi connectivity index (χ0) is 12.3. The predicted molar refractivity (Wildman–Crippen MR) is 63.9 cm³/mol. The van der Waals surface area contributed by atoms with Crippen molar-refractivity contribution in [3.8, 4) is 5.75 Å². The molecule has 92 valence electrons. The van der Waals surface area contributed by atoms with Crippen LogP contribution in [0.25, 0.3) is 0 Å². The van der Waals surface area contributed by atoms with E-state index in [1.54, 1.807) is 0 Å². The number of benzene rings is 1. The van der Waals surface area contributed by atoms with Gasteiger partial charge in [0.05, 0.1) is 19.6 Å². The normalized spacial score (nSPS) is 14.9. The molecule has 1 aromatic rings. The third kappa shape index (κ3) is 2.58. The first-order chi connectivity index (χ1) is 8.24. The van der Waals surface area contributed by atoms with Crippen LogP contribution in [-0.2, 0) is 22.4 Å². The molecule has 0 saturated heterocycles. The van der Waals surface area contributed by atoms with E-state index in [4.69, 9.17) is 15.2 Å². The van der Waals surface area contributed by atoms with Crippen LogP contribution in [0.2, 0.25) is 0 Å². The lowest BCUT2D eigenvalue weighted by atomic mass is 9.97. The van der Waals surface area contributed by atoms with Gasteiger partial charge in [-0.05, 0) is 23.6 Å². The van der Waals surface area contributed by atoms with Crippen LogP contribution in [-0.4, -0.2) is 26.2 Å². The summed E-state index contributed by atoms with van der Waals surface area (Å²) in [6, 6.07) is 6.03. The van der Waals surface area contributed by atoms with Gasteiger partial charge in [0.1, 0.15) is 5.75 Å². The molecule has 0 bridgehead atoms. The molecule has 2 N–H and O–H groups in total. The third-order valence-electron chi connectivity index (χ3n) is 3.06. The van der Waals surface area contributed by atoms with Gasteiger partial charge in [-0.25, -0.2) is 0 Å². The summed E-state index contributed by atoms with van der Waals surface area (Å²) >= 11 is 0. The van der Waals surface area contributed by atoms with E-state index in [1.807, 2.05) is 12.1 Å². The molecule has 1 aliphatic rings. The molecule has 1 aromatic carbocycles. The van der Waals surface area contributed by atoms with E-state index < -0.39 is 0 Å². The lowest BCUT2D eigenvalue weighted by Gasteiger charge is -2.12. The van der Waals surface area contributed by atoms with Crippen LogP contribution < -0.4 is 10.5 Å². The molecular formula is C13H17NO3. The molecule has 1 unspecified atom stereocenters. The minimum absolute atomic E-state index is 0.246. The molecule has 0 aliphatic carbocycles. The van der Waals surface area contributed by atoms with E-state index in [2.05, 4.69) is 6.07 Å². The van der Waals surface area contributed by atoms with Crippen LogP contribution in [0, 0.1) is 5.92 Å². The van der Waals surface area contributed by atoms with E-state index in [-0.39, 0.29) is 11.9 Å². The molecule has 4 heteroatoms. The fourth-order valence-electron chi connectivity index (χ4n) is 2.08. The number of carbonyl (C=O) groups is 1. The summed E-state index contributed by atoms with van der Waals surface area (Å²) in [6.07, 6.45) is 1.56. The van der Waals surface area contributed by atoms with Gasteiger partial charge in [-0.2, -0.15) is 0 Å². The monoisotopic (exact) mass is 235 g/mol. The smallest absolute Gasteiger partial charge is 0.310 e. The Kier molecular flexibility index (Phi) is 3.64. The molecule has 0 aromatic heterocycles. The molecule has 2 rings (SSSR count). The van der Waals surface area contributed by atoms with E-state index in [9.17, 15) is 4.79 Å². The number of hydrogen-bond acceptors (Lipinski definition) is 4. The third-order valence-corrected chi connectivity index (χ3v) is 3.06. The maximum absolute atomic E-state index is 11.5. The van der Waals surface area contributed by atoms with Crippen molar-refractivity contribution >= 4 is 5.97 Å². The summed E-state index contributed by atoms with van der Waals surface area (Å²) < 4.78 is 10.2. The molecule has 0 saturated carbocycles. The number of nitrogens with two attached hydrogens (primary N) is 1. The van der Waals surface area contributed by atoms with Crippen molar-refractivity contribution in [3.05, 3.63) is 29.3 Å². The maximum atomic E-state index is 11.5. The number of methoxy groups -OCH3 is 1. The number of hydrogen-bond donors (Lipinski definition) is 1. The quantitative estimate of drug-likeness (QED) is 0.788. The molecule has 0 fully saturated rings. The largest absolute Gasteiger partial charge is 0.493 e. The predicted octanol–water partition coefficient (Wildman–Crippen LogP) is 0.912. The Morgan fingerprint density at radius 2 is 2.41 bits per heavy atom. The average Bonchev–Trinajstić information content (AvgIpc) is 2.82. The van der Waals surface area contributed by atoms with Gasteiger partial charge in [0, 0.05) is 13.0 Å². The summed E-state index contributed by atoms with van der Waals surface area (Å²) in [5.41, 5.74) is 7.90. The minimum Gasteiger partial charge on any atom is -0.493 e. The molecule has 1 atom stereocenters. The van der Waals surface area contributed by atoms with Crippen LogP contribution in [0.15, 0.2) is 18.2 Å².